The molecule has 2 N–H and O–H groups in total. The zero-order valence-electron chi connectivity index (χ0n) is 18.7. The molecule has 4 rings (SSSR count). The fraction of sp³-hybridized carbons (Fsp3) is 0.458. The molecule has 2 heterocycles. The number of carbonyl (C=O) groups excluding carboxylic acids is 1. The molecule has 1 aliphatic carbocycles. The van der Waals surface area contributed by atoms with Gasteiger partial charge < -0.3 is 15.2 Å². The minimum atomic E-state index is -0.0342. The molecule has 0 atom stereocenters. The van der Waals surface area contributed by atoms with Crippen LogP contribution in [0.2, 0.25) is 0 Å². The minimum Gasteiger partial charge on any atom is -0.378 e. The van der Waals surface area contributed by atoms with Crippen LogP contribution in [0.25, 0.3) is 10.2 Å². The second kappa shape index (κ2) is 10.5. The number of hydrogen-bond acceptors (Lipinski definition) is 6. The molecule has 1 aromatic carbocycles. The number of anilines is 1. The van der Waals surface area contributed by atoms with Gasteiger partial charge in [0.05, 0.1) is 16.9 Å². The number of nitrogens with zero attached hydrogens (tertiary/aromatic N) is 2. The zero-order valence-corrected chi connectivity index (χ0v) is 20.3. The lowest BCUT2D eigenvalue weighted by atomic mass is 9.97. The van der Waals surface area contributed by atoms with Crippen LogP contribution in [-0.2, 0) is 29.8 Å². The van der Waals surface area contributed by atoms with E-state index in [-0.39, 0.29) is 11.5 Å². The van der Waals surface area contributed by atoms with Gasteiger partial charge in [0.15, 0.2) is 0 Å². The van der Waals surface area contributed by atoms with Crippen LogP contribution in [0.3, 0.4) is 0 Å². The summed E-state index contributed by atoms with van der Waals surface area (Å²) in [4.78, 5) is 36.6. The molecule has 0 fully saturated rings. The molecule has 6 nitrogen and oxygen atoms in total. The van der Waals surface area contributed by atoms with Crippen LogP contribution in [0.4, 0.5) is 5.69 Å². The SMILES string of the molecule is CN(C)c1ccc(CCCNC(=O)CSCc2nc3sc4c(c3c(=O)[nH]2)CCCC4)cc1. The first-order chi connectivity index (χ1) is 15.5. The molecule has 1 amide bonds. The van der Waals surface area contributed by atoms with Gasteiger partial charge in [-0.25, -0.2) is 4.98 Å². The standard InChI is InChI=1S/C24H30N4O2S2/c1-28(2)17-11-9-16(10-12-17)6-5-13-25-21(29)15-31-14-20-26-23(30)22-18-7-3-4-8-19(18)32-24(22)27-20/h9-12H,3-8,13-15H2,1-2H3,(H,25,29)(H,26,27,30). The third-order valence-corrected chi connectivity index (χ3v) is 7.89. The number of rotatable bonds is 9. The van der Waals surface area contributed by atoms with Crippen LogP contribution in [0.1, 0.15) is 41.1 Å². The number of thioether (sulfide) groups is 1. The molecule has 8 heteroatoms. The molecule has 0 spiro atoms. The van der Waals surface area contributed by atoms with Crippen LogP contribution in [0, 0.1) is 0 Å². The minimum absolute atomic E-state index is 0.0213. The highest BCUT2D eigenvalue weighted by molar-refractivity contribution is 7.99. The number of aromatic amines is 1. The highest BCUT2D eigenvalue weighted by atomic mass is 32.2. The van der Waals surface area contributed by atoms with E-state index in [1.165, 1.54) is 39.9 Å². The Morgan fingerprint density at radius 1 is 1.22 bits per heavy atom. The van der Waals surface area contributed by atoms with E-state index < -0.39 is 0 Å². The fourth-order valence-corrected chi connectivity index (χ4v) is 6.05. The largest absolute Gasteiger partial charge is 0.378 e. The van der Waals surface area contributed by atoms with E-state index in [1.54, 1.807) is 11.3 Å². The van der Waals surface area contributed by atoms with E-state index in [0.717, 1.165) is 42.3 Å². The van der Waals surface area contributed by atoms with Crippen LogP contribution in [-0.4, -0.2) is 42.3 Å². The van der Waals surface area contributed by atoms with E-state index in [0.29, 0.717) is 23.9 Å². The molecule has 0 bridgehead atoms. The smallest absolute Gasteiger partial charge is 0.259 e. The van der Waals surface area contributed by atoms with E-state index >= 15 is 0 Å². The second-order valence-corrected chi connectivity index (χ2v) is 10.5. The maximum absolute atomic E-state index is 12.6. The summed E-state index contributed by atoms with van der Waals surface area (Å²) in [5.74, 6) is 1.56. The van der Waals surface area contributed by atoms with E-state index in [1.807, 2.05) is 14.1 Å². The van der Waals surface area contributed by atoms with Crippen molar-refractivity contribution in [3.63, 3.8) is 0 Å². The van der Waals surface area contributed by atoms with Crippen LogP contribution in [0.5, 0.6) is 0 Å². The van der Waals surface area contributed by atoms with Gasteiger partial charge in [-0.2, -0.15) is 0 Å². The van der Waals surface area contributed by atoms with E-state index in [4.69, 9.17) is 0 Å². The average Bonchev–Trinajstić information content (AvgIpc) is 3.16. The van der Waals surface area contributed by atoms with E-state index in [2.05, 4.69) is 44.5 Å². The predicted molar refractivity (Wildman–Crippen MR) is 135 cm³/mol. The summed E-state index contributed by atoms with van der Waals surface area (Å²) < 4.78 is 0. The molecule has 0 unspecified atom stereocenters. The van der Waals surface area contributed by atoms with Crippen molar-refractivity contribution in [1.29, 1.82) is 0 Å². The summed E-state index contributed by atoms with van der Waals surface area (Å²) in [6.45, 7) is 0.663. The molecule has 0 saturated heterocycles. The number of aromatic nitrogens is 2. The van der Waals surface area contributed by atoms with Gasteiger partial charge in [-0.1, -0.05) is 12.1 Å². The first kappa shape index (κ1) is 22.9. The van der Waals surface area contributed by atoms with Gasteiger partial charge in [-0.3, -0.25) is 9.59 Å². The Morgan fingerprint density at radius 2 is 2.00 bits per heavy atom. The third-order valence-electron chi connectivity index (χ3n) is 5.76. The molecule has 0 saturated carbocycles. The Labute approximate surface area is 196 Å². The molecule has 3 aromatic rings. The molecule has 2 aromatic heterocycles. The maximum atomic E-state index is 12.6. The number of carbonyl (C=O) groups is 1. The Balaban J connectivity index is 1.20. The first-order valence-corrected chi connectivity index (χ1v) is 13.1. The summed E-state index contributed by atoms with van der Waals surface area (Å²) >= 11 is 3.14. The summed E-state index contributed by atoms with van der Waals surface area (Å²) in [7, 11) is 4.06. The third kappa shape index (κ3) is 5.53. The summed E-state index contributed by atoms with van der Waals surface area (Å²) in [5.41, 5.74) is 3.64. The van der Waals surface area contributed by atoms with Crippen molar-refractivity contribution in [2.24, 2.45) is 0 Å². The summed E-state index contributed by atoms with van der Waals surface area (Å²) in [5, 5.41) is 3.77. The van der Waals surface area contributed by atoms with Gasteiger partial charge in [0.2, 0.25) is 5.91 Å². The van der Waals surface area contributed by atoms with Crippen molar-refractivity contribution in [2.45, 2.75) is 44.3 Å². The molecule has 0 radical (unpaired) electrons. The maximum Gasteiger partial charge on any atom is 0.259 e. The molecular formula is C24H30N4O2S2. The normalized spacial score (nSPS) is 13.2. The van der Waals surface area contributed by atoms with Gasteiger partial charge in [-0.15, -0.1) is 23.1 Å². The number of thiophene rings is 1. The predicted octanol–water partition coefficient (Wildman–Crippen LogP) is 3.91. The van der Waals surface area contributed by atoms with Gasteiger partial charge in [0.1, 0.15) is 10.7 Å². The number of H-pyrrole nitrogens is 1. The quantitative estimate of drug-likeness (QED) is 0.464. The number of aryl methyl sites for hydroxylation is 3. The lowest BCUT2D eigenvalue weighted by Crippen LogP contribution is -2.26. The van der Waals surface area contributed by atoms with Gasteiger partial charge in [0, 0.05) is 31.2 Å². The zero-order chi connectivity index (χ0) is 22.5. The van der Waals surface area contributed by atoms with Crippen molar-refractivity contribution in [3.8, 4) is 0 Å². The highest BCUT2D eigenvalue weighted by Crippen LogP contribution is 2.33. The van der Waals surface area contributed by atoms with Crippen molar-refractivity contribution in [1.82, 2.24) is 15.3 Å². The molecule has 0 aliphatic heterocycles. The Kier molecular flexibility index (Phi) is 7.52. The molecule has 170 valence electrons. The lowest BCUT2D eigenvalue weighted by molar-refractivity contribution is -0.118. The monoisotopic (exact) mass is 470 g/mol. The summed E-state index contributed by atoms with van der Waals surface area (Å²) in [6, 6.07) is 8.51. The van der Waals surface area contributed by atoms with Gasteiger partial charge in [0.25, 0.3) is 5.56 Å². The van der Waals surface area contributed by atoms with Crippen molar-refractivity contribution in [3.05, 3.63) is 56.4 Å². The average molecular weight is 471 g/mol. The van der Waals surface area contributed by atoms with Gasteiger partial charge >= 0.3 is 0 Å². The molecule has 32 heavy (non-hydrogen) atoms. The number of fused-ring (bicyclic) bond motifs is 3. The number of amides is 1. The Bertz CT molecular complexity index is 1140. The van der Waals surface area contributed by atoms with Crippen LogP contribution >= 0.6 is 23.1 Å². The van der Waals surface area contributed by atoms with Crippen molar-refractivity contribution >= 4 is 44.9 Å². The Morgan fingerprint density at radius 3 is 2.78 bits per heavy atom. The second-order valence-electron chi connectivity index (χ2n) is 8.41. The lowest BCUT2D eigenvalue weighted by Gasteiger charge is -2.12. The van der Waals surface area contributed by atoms with Crippen LogP contribution < -0.4 is 15.8 Å². The topological polar surface area (TPSA) is 78.1 Å². The first-order valence-electron chi connectivity index (χ1n) is 11.2. The number of hydrogen-bond donors (Lipinski definition) is 2. The van der Waals surface area contributed by atoms with Crippen molar-refractivity contribution in [2.75, 3.05) is 31.3 Å². The molecular weight excluding hydrogens is 440 g/mol. The van der Waals surface area contributed by atoms with Crippen LogP contribution in [0.15, 0.2) is 29.1 Å². The highest BCUT2D eigenvalue weighted by Gasteiger charge is 2.19. The number of benzene rings is 1. The van der Waals surface area contributed by atoms with E-state index in [9.17, 15) is 9.59 Å². The van der Waals surface area contributed by atoms with Crippen molar-refractivity contribution < 1.29 is 4.79 Å². The number of nitrogens with one attached hydrogen (secondary N) is 2. The molecule has 1 aliphatic rings. The Hall–Kier alpha value is -2.32. The summed E-state index contributed by atoms with van der Waals surface area (Å²) in [6.07, 6.45) is 6.23. The fourth-order valence-electron chi connectivity index (χ4n) is 4.05. The van der Waals surface area contributed by atoms with Gasteiger partial charge in [-0.05, 0) is 61.8 Å².